The van der Waals surface area contributed by atoms with Crippen molar-refractivity contribution < 1.29 is 5.11 Å². The Labute approximate surface area is 98.0 Å². The molecular weight excluding hydrogens is 222 g/mol. The van der Waals surface area contributed by atoms with E-state index in [9.17, 15) is 0 Å². The fourth-order valence-corrected chi connectivity index (χ4v) is 2.05. The van der Waals surface area contributed by atoms with Crippen LogP contribution in [0.1, 0.15) is 10.7 Å². The first-order valence-electron chi connectivity index (χ1n) is 5.07. The second-order valence-corrected chi connectivity index (χ2v) is 4.30. The Hall–Kier alpha value is -1.46. The number of anilines is 1. The number of nitrogens with zero attached hydrogens (tertiary/aromatic N) is 2. The van der Waals surface area contributed by atoms with Crippen molar-refractivity contribution >= 4 is 17.2 Å². The Morgan fingerprint density at radius 2 is 2.31 bits per heavy atom. The van der Waals surface area contributed by atoms with Crippen LogP contribution in [-0.2, 0) is 13.0 Å². The molecular formula is C11H13N3OS. The maximum Gasteiger partial charge on any atom is 0.156 e. The summed E-state index contributed by atoms with van der Waals surface area (Å²) in [5.74, 6) is 1.21. The molecule has 0 amide bonds. The lowest BCUT2D eigenvalue weighted by atomic mass is 10.3. The monoisotopic (exact) mass is 235 g/mol. The minimum Gasteiger partial charge on any atom is -0.388 e. The number of aromatic nitrogens is 2. The van der Waals surface area contributed by atoms with Crippen molar-refractivity contribution in [3.05, 3.63) is 40.5 Å². The highest BCUT2D eigenvalue weighted by atomic mass is 32.1. The zero-order valence-electron chi connectivity index (χ0n) is 8.76. The molecule has 0 radical (unpaired) electrons. The van der Waals surface area contributed by atoms with E-state index in [0.29, 0.717) is 5.82 Å². The Morgan fingerprint density at radius 3 is 3.06 bits per heavy atom. The quantitative estimate of drug-likeness (QED) is 0.828. The summed E-state index contributed by atoms with van der Waals surface area (Å²) in [4.78, 5) is 9.41. The average Bonchev–Trinajstić information content (AvgIpc) is 2.82. The van der Waals surface area contributed by atoms with Gasteiger partial charge in [-0.25, -0.2) is 9.97 Å². The molecule has 0 fully saturated rings. The molecule has 0 saturated carbocycles. The summed E-state index contributed by atoms with van der Waals surface area (Å²) >= 11 is 1.75. The van der Waals surface area contributed by atoms with Gasteiger partial charge < -0.3 is 10.4 Å². The second-order valence-electron chi connectivity index (χ2n) is 3.27. The first-order valence-corrected chi connectivity index (χ1v) is 5.95. The second kappa shape index (κ2) is 5.58. The van der Waals surface area contributed by atoms with E-state index in [1.807, 2.05) is 0 Å². The Kier molecular flexibility index (Phi) is 3.85. The van der Waals surface area contributed by atoms with Crippen LogP contribution in [0.15, 0.2) is 29.8 Å². The molecule has 0 aliphatic carbocycles. The summed E-state index contributed by atoms with van der Waals surface area (Å²) in [5.41, 5.74) is 0. The third-order valence-corrected chi connectivity index (χ3v) is 3.04. The summed E-state index contributed by atoms with van der Waals surface area (Å²) in [6.07, 6.45) is 2.63. The largest absolute Gasteiger partial charge is 0.388 e. The summed E-state index contributed by atoms with van der Waals surface area (Å²) in [6, 6.07) is 5.97. The summed E-state index contributed by atoms with van der Waals surface area (Å²) in [5, 5.41) is 14.2. The van der Waals surface area contributed by atoms with E-state index >= 15 is 0 Å². The van der Waals surface area contributed by atoms with Gasteiger partial charge in [-0.15, -0.1) is 11.3 Å². The highest BCUT2D eigenvalue weighted by Crippen LogP contribution is 2.09. The van der Waals surface area contributed by atoms with Gasteiger partial charge in [0.1, 0.15) is 12.4 Å². The molecule has 2 heterocycles. The van der Waals surface area contributed by atoms with Crippen LogP contribution >= 0.6 is 11.3 Å². The van der Waals surface area contributed by atoms with Crippen molar-refractivity contribution in [3.63, 3.8) is 0 Å². The average molecular weight is 235 g/mol. The predicted octanol–water partition coefficient (Wildman–Crippen LogP) is 1.69. The van der Waals surface area contributed by atoms with Crippen LogP contribution < -0.4 is 5.32 Å². The molecule has 0 bridgehead atoms. The van der Waals surface area contributed by atoms with Gasteiger partial charge in [-0.1, -0.05) is 6.07 Å². The van der Waals surface area contributed by atoms with Crippen molar-refractivity contribution in [1.82, 2.24) is 9.97 Å². The molecule has 0 spiro atoms. The first-order chi connectivity index (χ1) is 7.88. The third kappa shape index (κ3) is 3.01. The van der Waals surface area contributed by atoms with Crippen LogP contribution in [0, 0.1) is 0 Å². The molecule has 0 unspecified atom stereocenters. The molecule has 4 nitrogen and oxygen atoms in total. The molecule has 0 aromatic carbocycles. The Bertz CT molecular complexity index is 431. The first kappa shape index (κ1) is 11.0. The highest BCUT2D eigenvalue weighted by molar-refractivity contribution is 7.09. The molecule has 84 valence electrons. The van der Waals surface area contributed by atoms with Gasteiger partial charge in [0, 0.05) is 17.6 Å². The van der Waals surface area contributed by atoms with Crippen LogP contribution in [0.5, 0.6) is 0 Å². The zero-order chi connectivity index (χ0) is 11.2. The number of nitrogens with one attached hydrogen (secondary N) is 1. The maximum atomic E-state index is 8.89. The van der Waals surface area contributed by atoms with Crippen molar-refractivity contribution in [2.75, 3.05) is 11.9 Å². The van der Waals surface area contributed by atoms with Crippen LogP contribution in [-0.4, -0.2) is 21.6 Å². The van der Waals surface area contributed by atoms with Crippen LogP contribution in [0.25, 0.3) is 0 Å². The molecule has 2 rings (SSSR count). The fourth-order valence-electron chi connectivity index (χ4n) is 1.34. The molecule has 5 heteroatoms. The fraction of sp³-hybridized carbons (Fsp3) is 0.273. The van der Waals surface area contributed by atoms with E-state index in [4.69, 9.17) is 5.11 Å². The lowest BCUT2D eigenvalue weighted by Gasteiger charge is -2.04. The highest BCUT2D eigenvalue weighted by Gasteiger charge is 1.98. The van der Waals surface area contributed by atoms with Crippen molar-refractivity contribution in [3.8, 4) is 0 Å². The van der Waals surface area contributed by atoms with Gasteiger partial charge >= 0.3 is 0 Å². The Morgan fingerprint density at radius 1 is 1.38 bits per heavy atom. The van der Waals surface area contributed by atoms with Gasteiger partial charge in [0.15, 0.2) is 5.82 Å². The van der Waals surface area contributed by atoms with E-state index in [-0.39, 0.29) is 6.61 Å². The third-order valence-electron chi connectivity index (χ3n) is 2.10. The SMILES string of the molecule is OCc1nccc(NCCc2cccs2)n1. The number of hydrogen-bond acceptors (Lipinski definition) is 5. The summed E-state index contributed by atoms with van der Waals surface area (Å²) < 4.78 is 0. The molecule has 2 N–H and O–H groups in total. The van der Waals surface area contributed by atoms with E-state index in [0.717, 1.165) is 18.8 Å². The van der Waals surface area contributed by atoms with Gasteiger partial charge in [0.2, 0.25) is 0 Å². The molecule has 2 aromatic rings. The number of aliphatic hydroxyl groups excluding tert-OH is 1. The van der Waals surface area contributed by atoms with E-state index < -0.39 is 0 Å². The van der Waals surface area contributed by atoms with Crippen molar-refractivity contribution in [1.29, 1.82) is 0 Å². The smallest absolute Gasteiger partial charge is 0.156 e. The normalized spacial score (nSPS) is 10.3. The van der Waals surface area contributed by atoms with E-state index in [1.54, 1.807) is 23.6 Å². The van der Waals surface area contributed by atoms with Crippen LogP contribution in [0.3, 0.4) is 0 Å². The van der Waals surface area contributed by atoms with Gasteiger partial charge in [-0.05, 0) is 23.9 Å². The standard InChI is InChI=1S/C11H13N3OS/c15-8-11-13-6-4-10(14-11)12-5-3-9-2-1-7-16-9/h1-2,4,6-7,15H,3,5,8H2,(H,12,13,14). The molecule has 2 aromatic heterocycles. The van der Waals surface area contributed by atoms with Crippen molar-refractivity contribution in [2.24, 2.45) is 0 Å². The van der Waals surface area contributed by atoms with Crippen LogP contribution in [0.4, 0.5) is 5.82 Å². The molecule has 0 saturated heterocycles. The zero-order valence-corrected chi connectivity index (χ0v) is 9.57. The lowest BCUT2D eigenvalue weighted by molar-refractivity contribution is 0.271. The van der Waals surface area contributed by atoms with Gasteiger partial charge in [0.05, 0.1) is 0 Å². The number of thiophene rings is 1. The molecule has 0 aliphatic heterocycles. The van der Waals surface area contributed by atoms with Gasteiger partial charge in [-0.3, -0.25) is 0 Å². The van der Waals surface area contributed by atoms with Gasteiger partial charge in [0.25, 0.3) is 0 Å². The predicted molar refractivity (Wildman–Crippen MR) is 64.5 cm³/mol. The maximum absolute atomic E-state index is 8.89. The topological polar surface area (TPSA) is 58.0 Å². The van der Waals surface area contributed by atoms with Gasteiger partial charge in [-0.2, -0.15) is 0 Å². The lowest BCUT2D eigenvalue weighted by Crippen LogP contribution is -2.07. The summed E-state index contributed by atoms with van der Waals surface area (Å²) in [6.45, 7) is 0.711. The molecule has 16 heavy (non-hydrogen) atoms. The Balaban J connectivity index is 1.85. The number of rotatable bonds is 5. The molecule has 0 atom stereocenters. The summed E-state index contributed by atoms with van der Waals surface area (Å²) in [7, 11) is 0. The van der Waals surface area contributed by atoms with E-state index in [1.165, 1.54) is 4.88 Å². The minimum atomic E-state index is -0.125. The van der Waals surface area contributed by atoms with Crippen LogP contribution in [0.2, 0.25) is 0 Å². The molecule has 0 aliphatic rings. The number of hydrogen-bond donors (Lipinski definition) is 2. The minimum absolute atomic E-state index is 0.125. The van der Waals surface area contributed by atoms with E-state index in [2.05, 4.69) is 32.8 Å². The number of aliphatic hydroxyl groups is 1. The van der Waals surface area contributed by atoms with Crippen molar-refractivity contribution in [2.45, 2.75) is 13.0 Å².